The van der Waals surface area contributed by atoms with Crippen molar-refractivity contribution in [1.29, 1.82) is 0 Å². The molecule has 4 unspecified atom stereocenters. The Hall–Kier alpha value is -2.42. The van der Waals surface area contributed by atoms with E-state index in [1.807, 2.05) is 24.6 Å². The van der Waals surface area contributed by atoms with Gasteiger partial charge in [-0.1, -0.05) is 52.0 Å². The van der Waals surface area contributed by atoms with Crippen LogP contribution in [0.4, 0.5) is 4.79 Å². The van der Waals surface area contributed by atoms with Gasteiger partial charge < -0.3 is 25.2 Å². The lowest BCUT2D eigenvalue weighted by molar-refractivity contribution is -0.172. The number of carbonyl (C=O) groups excluding carboxylic acids is 2. The van der Waals surface area contributed by atoms with E-state index in [-0.39, 0.29) is 23.0 Å². The van der Waals surface area contributed by atoms with Crippen LogP contribution in [-0.2, 0) is 19.9 Å². The Balaban J connectivity index is 1.28. The summed E-state index contributed by atoms with van der Waals surface area (Å²) in [6.45, 7) is 12.7. The number of nitrogens with one attached hydrogen (secondary N) is 2. The summed E-state index contributed by atoms with van der Waals surface area (Å²) in [5, 5.41) is 20.4. The molecule has 2 amide bonds. The molecule has 0 spiro atoms. The molecule has 1 aliphatic heterocycles. The van der Waals surface area contributed by atoms with Gasteiger partial charge in [-0.25, -0.2) is 9.59 Å². The van der Waals surface area contributed by atoms with E-state index in [1.54, 1.807) is 6.07 Å². The molecule has 3 aliphatic carbocycles. The molecule has 4 aliphatic rings. The second-order valence-electron chi connectivity index (χ2n) is 12.7. The summed E-state index contributed by atoms with van der Waals surface area (Å²) in [7, 11) is 0. The SMILES string of the molecule is CC(C)NC(=O)N[C@@H](c1ccsc1)[C@@H](O)C(=O)OC1CC2C(C)(C)C1(C)[C@@]13CC(C)c4ccccc4[C@@]21O3. The fourth-order valence-electron chi connectivity index (χ4n) is 8.49. The Labute approximate surface area is 228 Å². The average molecular weight is 539 g/mol. The standard InChI is InChI=1S/C30H38N2O5S/c1-16(2)31-26(35)32-23(18-11-12-38-15-18)24(33)25(34)36-22-13-21-27(4,5)28(22,6)29-14-17(3)19-9-7-8-10-20(19)30(21,29)37-29/h7-12,15-17,21-24,33H,13-14H2,1-6H3,(H2,31,32,35)/t17?,21?,22?,23-,24+,28?,29-,30+/m0/s1. The molecular formula is C30H38N2O5S. The third kappa shape index (κ3) is 3.08. The molecule has 2 aromatic rings. The molecule has 7 nitrogen and oxygen atoms in total. The van der Waals surface area contributed by atoms with E-state index in [1.165, 1.54) is 22.5 Å². The van der Waals surface area contributed by atoms with Crippen molar-refractivity contribution in [2.75, 3.05) is 0 Å². The first-order chi connectivity index (χ1) is 17.9. The van der Waals surface area contributed by atoms with Gasteiger partial charge in [-0.15, -0.1) is 0 Å². The van der Waals surface area contributed by atoms with Crippen molar-refractivity contribution in [3.63, 3.8) is 0 Å². The van der Waals surface area contributed by atoms with E-state index >= 15 is 0 Å². The minimum Gasteiger partial charge on any atom is -0.460 e. The number of ether oxygens (including phenoxy) is 2. The quantitative estimate of drug-likeness (QED) is 0.355. The summed E-state index contributed by atoms with van der Waals surface area (Å²) in [5.74, 6) is -0.193. The third-order valence-corrected chi connectivity index (χ3v) is 11.1. The van der Waals surface area contributed by atoms with Crippen LogP contribution in [0.1, 0.15) is 83.0 Å². The highest BCUT2D eigenvalue weighted by Gasteiger charge is 2.95. The largest absolute Gasteiger partial charge is 0.460 e. The number of fused-ring (bicyclic) bond motifs is 3. The summed E-state index contributed by atoms with van der Waals surface area (Å²) in [4.78, 5) is 26.0. The Morgan fingerprint density at radius 1 is 1.16 bits per heavy atom. The number of hydrogen-bond acceptors (Lipinski definition) is 6. The maximum atomic E-state index is 13.5. The van der Waals surface area contributed by atoms with Crippen molar-refractivity contribution in [1.82, 2.24) is 10.6 Å². The van der Waals surface area contributed by atoms with Crippen molar-refractivity contribution in [3.8, 4) is 0 Å². The second-order valence-corrected chi connectivity index (χ2v) is 13.5. The smallest absolute Gasteiger partial charge is 0.337 e. The van der Waals surface area contributed by atoms with E-state index < -0.39 is 41.3 Å². The zero-order valence-corrected chi connectivity index (χ0v) is 23.7. The predicted octanol–water partition coefficient (Wildman–Crippen LogP) is 5.01. The summed E-state index contributed by atoms with van der Waals surface area (Å²) in [5.41, 5.74) is 2.01. The summed E-state index contributed by atoms with van der Waals surface area (Å²) in [6, 6.07) is 9.01. The highest BCUT2D eigenvalue weighted by atomic mass is 32.1. The van der Waals surface area contributed by atoms with Crippen LogP contribution in [0.25, 0.3) is 0 Å². The van der Waals surface area contributed by atoms with Crippen molar-refractivity contribution in [3.05, 3.63) is 57.8 Å². The van der Waals surface area contributed by atoms with Crippen LogP contribution in [0.15, 0.2) is 41.1 Å². The number of thiophene rings is 1. The van der Waals surface area contributed by atoms with E-state index in [0.29, 0.717) is 17.9 Å². The first kappa shape index (κ1) is 25.8. The molecule has 3 N–H and O–H groups in total. The molecular weight excluding hydrogens is 500 g/mol. The highest BCUT2D eigenvalue weighted by molar-refractivity contribution is 7.08. The van der Waals surface area contributed by atoms with E-state index in [4.69, 9.17) is 9.47 Å². The van der Waals surface area contributed by atoms with Crippen LogP contribution >= 0.6 is 11.3 Å². The number of carbonyl (C=O) groups is 2. The van der Waals surface area contributed by atoms with Crippen LogP contribution in [0, 0.1) is 16.7 Å². The number of amides is 2. The summed E-state index contributed by atoms with van der Waals surface area (Å²) < 4.78 is 13.1. The molecule has 3 fully saturated rings. The molecule has 204 valence electrons. The Kier molecular flexibility index (Phi) is 5.64. The number of urea groups is 1. The van der Waals surface area contributed by atoms with Gasteiger partial charge in [0.25, 0.3) is 0 Å². The lowest BCUT2D eigenvalue weighted by Gasteiger charge is -2.46. The maximum absolute atomic E-state index is 13.5. The Morgan fingerprint density at radius 2 is 1.89 bits per heavy atom. The second kappa shape index (κ2) is 8.29. The van der Waals surface area contributed by atoms with Crippen molar-refractivity contribution in [2.24, 2.45) is 16.7 Å². The molecule has 1 saturated heterocycles. The van der Waals surface area contributed by atoms with Crippen LogP contribution < -0.4 is 10.6 Å². The van der Waals surface area contributed by atoms with Gasteiger partial charge >= 0.3 is 12.0 Å². The van der Waals surface area contributed by atoms with Gasteiger partial charge in [-0.05, 0) is 71.5 Å². The molecule has 8 heteroatoms. The fourth-order valence-corrected chi connectivity index (χ4v) is 9.19. The Bertz CT molecular complexity index is 1280. The van der Waals surface area contributed by atoms with Gasteiger partial charge in [0.1, 0.15) is 17.3 Å². The average Bonchev–Trinajstić information content (AvgIpc) is 3.12. The van der Waals surface area contributed by atoms with Gasteiger partial charge in [0.2, 0.25) is 0 Å². The van der Waals surface area contributed by atoms with Gasteiger partial charge in [0.15, 0.2) is 6.10 Å². The van der Waals surface area contributed by atoms with Gasteiger partial charge in [0.05, 0.1) is 6.04 Å². The normalized spacial score (nSPS) is 37.0. The number of rotatable bonds is 6. The summed E-state index contributed by atoms with van der Waals surface area (Å²) >= 11 is 1.44. The molecule has 1 aromatic heterocycles. The lowest BCUT2D eigenvalue weighted by atomic mass is 9.58. The van der Waals surface area contributed by atoms with Crippen molar-refractivity contribution in [2.45, 2.75) is 95.8 Å². The number of benzene rings is 1. The van der Waals surface area contributed by atoms with Gasteiger partial charge in [-0.2, -0.15) is 11.3 Å². The first-order valence-electron chi connectivity index (χ1n) is 13.7. The van der Waals surface area contributed by atoms with Crippen molar-refractivity contribution < 1.29 is 24.2 Å². The number of epoxide rings is 1. The van der Waals surface area contributed by atoms with Crippen LogP contribution in [0.3, 0.4) is 0 Å². The molecule has 2 bridgehead atoms. The predicted molar refractivity (Wildman–Crippen MR) is 145 cm³/mol. The number of aliphatic hydroxyl groups is 1. The molecule has 2 heterocycles. The van der Waals surface area contributed by atoms with E-state index in [0.717, 1.165) is 6.42 Å². The van der Waals surface area contributed by atoms with E-state index in [2.05, 4.69) is 62.6 Å². The first-order valence-corrected chi connectivity index (χ1v) is 14.6. The minimum absolute atomic E-state index is 0.0838. The number of esters is 1. The molecule has 0 radical (unpaired) electrons. The molecule has 6 rings (SSSR count). The topological polar surface area (TPSA) is 100 Å². The minimum atomic E-state index is -1.54. The molecule has 2 saturated carbocycles. The number of aliphatic hydroxyl groups excluding tert-OH is 1. The summed E-state index contributed by atoms with van der Waals surface area (Å²) in [6.07, 6.45) is -0.380. The maximum Gasteiger partial charge on any atom is 0.337 e. The molecule has 1 aromatic carbocycles. The van der Waals surface area contributed by atoms with Crippen molar-refractivity contribution >= 4 is 23.3 Å². The zero-order chi connectivity index (χ0) is 27.3. The number of hydrogen-bond donors (Lipinski definition) is 3. The van der Waals surface area contributed by atoms with Crippen LogP contribution in [0.5, 0.6) is 0 Å². The van der Waals surface area contributed by atoms with Crippen LogP contribution in [0.2, 0.25) is 0 Å². The molecule has 38 heavy (non-hydrogen) atoms. The highest BCUT2D eigenvalue weighted by Crippen LogP contribution is 2.89. The van der Waals surface area contributed by atoms with Gasteiger partial charge in [-0.3, -0.25) is 0 Å². The third-order valence-electron chi connectivity index (χ3n) is 10.4. The lowest BCUT2D eigenvalue weighted by Crippen LogP contribution is -2.53. The fraction of sp³-hybridized carbons (Fsp3) is 0.600. The van der Waals surface area contributed by atoms with Crippen LogP contribution in [-0.4, -0.2) is 41.0 Å². The Morgan fingerprint density at radius 3 is 2.58 bits per heavy atom. The monoisotopic (exact) mass is 538 g/mol. The van der Waals surface area contributed by atoms with Gasteiger partial charge in [0, 0.05) is 17.4 Å². The van der Waals surface area contributed by atoms with E-state index in [9.17, 15) is 14.7 Å². The zero-order valence-electron chi connectivity index (χ0n) is 22.9. The molecule has 8 atom stereocenters.